The van der Waals surface area contributed by atoms with Gasteiger partial charge in [-0.2, -0.15) is 9.40 Å². The summed E-state index contributed by atoms with van der Waals surface area (Å²) in [5, 5.41) is 14.8. The van der Waals surface area contributed by atoms with E-state index in [1.807, 2.05) is 19.0 Å². The molecule has 43 heavy (non-hydrogen) atoms. The van der Waals surface area contributed by atoms with Crippen molar-refractivity contribution in [2.75, 3.05) is 44.4 Å². The average Bonchev–Trinajstić information content (AvgIpc) is 3.61. The van der Waals surface area contributed by atoms with E-state index in [4.69, 9.17) is 23.2 Å². The maximum atomic E-state index is 13.2. The molecule has 0 unspecified atom stereocenters. The average molecular weight is 649 g/mol. The molecule has 1 saturated heterocycles. The van der Waals surface area contributed by atoms with Gasteiger partial charge in [-0.3, -0.25) is 19.5 Å². The van der Waals surface area contributed by atoms with Gasteiger partial charge >= 0.3 is 0 Å². The molecular formula is C28H31Cl2N7O5S. The van der Waals surface area contributed by atoms with Gasteiger partial charge in [0.1, 0.15) is 5.69 Å². The van der Waals surface area contributed by atoms with Crippen LogP contribution in [0.2, 0.25) is 10.0 Å². The third kappa shape index (κ3) is 8.21. The molecule has 1 aliphatic heterocycles. The third-order valence-electron chi connectivity index (χ3n) is 6.56. The molecule has 4 rings (SSSR count). The van der Waals surface area contributed by atoms with Crippen molar-refractivity contribution in [3.8, 4) is 0 Å². The first-order valence-electron chi connectivity index (χ1n) is 13.3. The number of carbonyl (C=O) groups excluding carboxylic acids is 3. The third-order valence-corrected chi connectivity index (χ3v) is 9.07. The maximum absolute atomic E-state index is 13.2. The molecule has 0 aliphatic carbocycles. The van der Waals surface area contributed by atoms with Crippen molar-refractivity contribution in [1.82, 2.24) is 24.7 Å². The summed E-state index contributed by atoms with van der Waals surface area (Å²) in [6.07, 6.45) is 5.60. The number of halogens is 2. The first-order valence-corrected chi connectivity index (χ1v) is 15.5. The van der Waals surface area contributed by atoms with Crippen molar-refractivity contribution < 1.29 is 22.8 Å². The van der Waals surface area contributed by atoms with Crippen molar-refractivity contribution >= 4 is 62.3 Å². The summed E-state index contributed by atoms with van der Waals surface area (Å²) >= 11 is 12.2. The zero-order valence-electron chi connectivity index (χ0n) is 23.4. The summed E-state index contributed by atoms with van der Waals surface area (Å²) in [4.78, 5) is 39.9. The minimum atomic E-state index is -3.85. The van der Waals surface area contributed by atoms with Crippen LogP contribution in [-0.2, 0) is 14.8 Å². The van der Waals surface area contributed by atoms with Crippen LogP contribution in [-0.4, -0.2) is 85.3 Å². The van der Waals surface area contributed by atoms with E-state index in [-0.39, 0.29) is 50.9 Å². The molecule has 4 N–H and O–H groups in total. The Morgan fingerprint density at radius 1 is 1.07 bits per heavy atom. The van der Waals surface area contributed by atoms with Gasteiger partial charge in [0.15, 0.2) is 0 Å². The smallest absolute Gasteiger partial charge is 0.271 e. The quantitative estimate of drug-likeness (QED) is 0.232. The van der Waals surface area contributed by atoms with Crippen LogP contribution in [0.15, 0.2) is 65.7 Å². The summed E-state index contributed by atoms with van der Waals surface area (Å²) in [7, 11) is 0.0481. The summed E-state index contributed by atoms with van der Waals surface area (Å²) in [6.45, 7) is 1.07. The van der Waals surface area contributed by atoms with E-state index in [0.717, 1.165) is 13.0 Å². The van der Waals surface area contributed by atoms with Gasteiger partial charge in [0, 0.05) is 31.4 Å². The number of carbonyl (C=O) groups is 3. The van der Waals surface area contributed by atoms with Crippen LogP contribution in [0.1, 0.15) is 33.7 Å². The van der Waals surface area contributed by atoms with Crippen molar-refractivity contribution in [3.63, 3.8) is 0 Å². The van der Waals surface area contributed by atoms with Crippen LogP contribution in [0.4, 0.5) is 11.4 Å². The second-order valence-electron chi connectivity index (χ2n) is 10.0. The number of hydrogen-bond donors (Lipinski definition) is 4. The van der Waals surface area contributed by atoms with Gasteiger partial charge in [-0.1, -0.05) is 35.3 Å². The van der Waals surface area contributed by atoms with Crippen LogP contribution in [0.3, 0.4) is 0 Å². The topological polar surface area (TPSA) is 157 Å². The zero-order valence-corrected chi connectivity index (χ0v) is 25.8. The van der Waals surface area contributed by atoms with E-state index < -0.39 is 27.9 Å². The van der Waals surface area contributed by atoms with Gasteiger partial charge in [-0.25, -0.2) is 8.42 Å². The molecule has 12 nitrogen and oxygen atoms in total. The monoisotopic (exact) mass is 647 g/mol. The van der Waals surface area contributed by atoms with E-state index in [9.17, 15) is 22.8 Å². The lowest BCUT2D eigenvalue weighted by Crippen LogP contribution is -2.39. The molecule has 2 aromatic carbocycles. The number of H-pyrrole nitrogens is 1. The number of sulfonamides is 1. The molecule has 1 aromatic heterocycles. The SMILES string of the molecule is CN(C)CC/C=C/C(=O)Nc1ccc(S(=O)(=O)N2CC[C@@H](NC(=O)c3[nH]ncc3NC(=O)c3c(Cl)cccc3Cl)C2)cc1. The number of aromatic amines is 1. The number of nitrogens with zero attached hydrogens (tertiary/aromatic N) is 3. The number of aromatic nitrogens is 2. The molecule has 2 heterocycles. The fourth-order valence-electron chi connectivity index (χ4n) is 4.34. The highest BCUT2D eigenvalue weighted by Gasteiger charge is 2.34. The number of benzene rings is 2. The second kappa shape index (κ2) is 14.1. The lowest BCUT2D eigenvalue weighted by Gasteiger charge is -2.17. The Bertz CT molecular complexity index is 1600. The molecular weight excluding hydrogens is 617 g/mol. The Labute approximate surface area is 259 Å². The highest BCUT2D eigenvalue weighted by molar-refractivity contribution is 7.89. The van der Waals surface area contributed by atoms with E-state index in [2.05, 4.69) is 26.1 Å². The van der Waals surface area contributed by atoms with Crippen LogP contribution >= 0.6 is 23.2 Å². The largest absolute Gasteiger partial charge is 0.347 e. The number of anilines is 2. The van der Waals surface area contributed by atoms with Gasteiger partial charge < -0.3 is 20.9 Å². The predicted molar refractivity (Wildman–Crippen MR) is 165 cm³/mol. The Morgan fingerprint density at radius 2 is 1.77 bits per heavy atom. The van der Waals surface area contributed by atoms with Crippen molar-refractivity contribution in [2.45, 2.75) is 23.8 Å². The van der Waals surface area contributed by atoms with Crippen LogP contribution < -0.4 is 16.0 Å². The van der Waals surface area contributed by atoms with Crippen LogP contribution in [0, 0.1) is 0 Å². The maximum Gasteiger partial charge on any atom is 0.271 e. The summed E-state index contributed by atoms with van der Waals surface area (Å²) in [5.41, 5.74) is 0.616. The van der Waals surface area contributed by atoms with Gasteiger partial charge in [0.25, 0.3) is 11.8 Å². The molecule has 0 bridgehead atoms. The highest BCUT2D eigenvalue weighted by Crippen LogP contribution is 2.26. The molecule has 228 valence electrons. The van der Waals surface area contributed by atoms with Crippen LogP contribution in [0.5, 0.6) is 0 Å². The van der Waals surface area contributed by atoms with E-state index in [1.54, 1.807) is 12.1 Å². The van der Waals surface area contributed by atoms with Gasteiger partial charge in [0.2, 0.25) is 15.9 Å². The number of rotatable bonds is 11. The Kier molecular flexibility index (Phi) is 10.6. The molecule has 3 amide bonds. The molecule has 1 aliphatic rings. The number of nitrogens with one attached hydrogen (secondary N) is 4. The molecule has 0 radical (unpaired) electrons. The fourth-order valence-corrected chi connectivity index (χ4v) is 6.41. The van der Waals surface area contributed by atoms with E-state index >= 15 is 0 Å². The molecule has 1 fully saturated rings. The van der Waals surface area contributed by atoms with Crippen molar-refractivity contribution in [1.29, 1.82) is 0 Å². The minimum absolute atomic E-state index is 0.0111. The van der Waals surface area contributed by atoms with Crippen molar-refractivity contribution in [3.05, 3.63) is 82.1 Å². The lowest BCUT2D eigenvalue weighted by molar-refractivity contribution is -0.111. The normalized spacial score (nSPS) is 15.6. The van der Waals surface area contributed by atoms with Gasteiger partial charge in [-0.05, 0) is 69.4 Å². The summed E-state index contributed by atoms with van der Waals surface area (Å²) in [6, 6.07) is 10.1. The Hall–Kier alpha value is -3.75. The molecule has 0 saturated carbocycles. The van der Waals surface area contributed by atoms with Gasteiger partial charge in [0.05, 0.1) is 32.4 Å². The summed E-state index contributed by atoms with van der Waals surface area (Å²) in [5.74, 6) is -1.50. The zero-order chi connectivity index (χ0) is 31.1. The second-order valence-corrected chi connectivity index (χ2v) is 12.8. The van der Waals surface area contributed by atoms with Gasteiger partial charge in [-0.15, -0.1) is 0 Å². The number of hydrogen-bond acceptors (Lipinski definition) is 7. The molecule has 1 atom stereocenters. The van der Waals surface area contributed by atoms with Crippen molar-refractivity contribution in [2.24, 2.45) is 0 Å². The van der Waals surface area contributed by atoms with Crippen LogP contribution in [0.25, 0.3) is 0 Å². The molecule has 15 heteroatoms. The first kappa shape index (κ1) is 32.2. The lowest BCUT2D eigenvalue weighted by atomic mass is 10.2. The first-order chi connectivity index (χ1) is 20.5. The highest BCUT2D eigenvalue weighted by atomic mass is 35.5. The fraction of sp³-hybridized carbons (Fsp3) is 0.286. The van der Waals surface area contributed by atoms with E-state index in [0.29, 0.717) is 12.1 Å². The Balaban J connectivity index is 1.33. The number of amides is 3. The molecule has 3 aromatic rings. The Morgan fingerprint density at radius 3 is 2.44 bits per heavy atom. The summed E-state index contributed by atoms with van der Waals surface area (Å²) < 4.78 is 27.8. The standard InChI is InChI=1S/C28H31Cl2N7O5S/c1-36(2)14-4-3-8-24(38)32-18-9-11-20(12-10-18)43(41,42)37-15-13-19(17-37)33-28(40)26-23(16-31-35-26)34-27(39)25-21(29)6-5-7-22(25)30/h3,5-12,16,19H,4,13-15,17H2,1-2H3,(H,31,35)(H,32,38)(H,33,40)(H,34,39)/b8-3+/t19-/m1/s1. The molecule has 0 spiro atoms. The predicted octanol–water partition coefficient (Wildman–Crippen LogP) is 3.61. The van der Waals surface area contributed by atoms with E-state index in [1.165, 1.54) is 53.0 Å². The minimum Gasteiger partial charge on any atom is -0.347 e.